The SMILES string of the molecule is FC(F)(F)c1cc([B-](c2cc(C(F)(F)F)cc(C(F)(F)F)c2)(c2cc(C(F)(F)F)cc(C(F)(F)F)c2)c2cc(C(F)(F)F)cc(C(F)(F)F)c2)cc(C(F)(F)F)c1.N#CCC(=O)c1ccc2ccccc2[n+]1CC(=O)c1ccccc1. The summed E-state index contributed by atoms with van der Waals surface area (Å²) in [7, 11) is 0. The number of hydrogen-bond acceptors (Lipinski definition) is 3. The summed E-state index contributed by atoms with van der Waals surface area (Å²) in [5.41, 5.74) is -28.4. The molecule has 0 unspecified atom stereocenters. The number of halogens is 24. The van der Waals surface area contributed by atoms with E-state index in [1.54, 1.807) is 22.8 Å². The number of fused-ring (bicyclic) bond motifs is 1. The second kappa shape index (κ2) is 21.8. The standard InChI is InChI=1S/C32H12BF24.C20H15N2O2/c34-25(35,36)13-1-14(26(37,38)39)6-21(5-13)33(22-7-15(27(40,41)42)2-16(8-22)28(43,44)45,23-9-17(29(46,47)48)3-18(10-23)30(49,50)51)24-11-19(31(52,53)54)4-20(12-24)32(55,56)57;21-13-12-19(23)18-11-10-15-6-4-5-9-17(15)22(18)14-20(24)16-7-2-1-3-8-16/h1-12H;1-11H,12,14H2/q-1;+1. The first-order chi connectivity index (χ1) is 37.0. The molecule has 0 aliphatic carbocycles. The van der Waals surface area contributed by atoms with Crippen molar-refractivity contribution < 1.29 is 120 Å². The summed E-state index contributed by atoms with van der Waals surface area (Å²) in [5.74, 6) is -0.368. The zero-order chi connectivity index (χ0) is 60.9. The molecular weight excluding hydrogens is 1150 g/mol. The third-order valence-corrected chi connectivity index (χ3v) is 12.3. The smallest absolute Gasteiger partial charge is 0.287 e. The third-order valence-electron chi connectivity index (χ3n) is 12.3. The van der Waals surface area contributed by atoms with Gasteiger partial charge in [-0.2, -0.15) is 137 Å². The molecular formula is C52H27BF24N2O2. The Balaban J connectivity index is 0.000000363. The van der Waals surface area contributed by atoms with Crippen LogP contribution in [0.2, 0.25) is 0 Å². The molecule has 1 aromatic heterocycles. The normalized spacial score (nSPS) is 13.1. The maximum atomic E-state index is 14.2. The number of para-hydroxylation sites is 1. The van der Waals surface area contributed by atoms with E-state index < -0.39 is 195 Å². The van der Waals surface area contributed by atoms with Gasteiger partial charge in [-0.05, 0) is 36.4 Å². The van der Waals surface area contributed by atoms with Crippen molar-refractivity contribution in [2.45, 2.75) is 62.4 Å². The van der Waals surface area contributed by atoms with Crippen molar-refractivity contribution in [3.05, 3.63) is 195 Å². The number of nitrogens with zero attached hydrogens (tertiary/aromatic N) is 2. The molecule has 7 rings (SSSR count). The summed E-state index contributed by atoms with van der Waals surface area (Å²) in [6, 6.07) is 13.1. The topological polar surface area (TPSA) is 61.8 Å². The van der Waals surface area contributed by atoms with Crippen LogP contribution in [0.5, 0.6) is 0 Å². The number of nitriles is 1. The minimum atomic E-state index is -6.13. The lowest BCUT2D eigenvalue weighted by Crippen LogP contribution is -2.75. The fourth-order valence-corrected chi connectivity index (χ4v) is 8.77. The van der Waals surface area contributed by atoms with Crippen LogP contribution in [0.3, 0.4) is 0 Å². The van der Waals surface area contributed by atoms with Crippen LogP contribution >= 0.6 is 0 Å². The molecule has 1 heterocycles. The van der Waals surface area contributed by atoms with E-state index >= 15 is 0 Å². The zero-order valence-electron chi connectivity index (χ0n) is 39.6. The van der Waals surface area contributed by atoms with E-state index in [2.05, 4.69) is 0 Å². The van der Waals surface area contributed by atoms with Crippen LogP contribution in [-0.4, -0.2) is 17.7 Å². The van der Waals surface area contributed by atoms with Gasteiger partial charge in [0.25, 0.3) is 5.69 Å². The highest BCUT2D eigenvalue weighted by atomic mass is 19.4. The molecule has 0 bridgehead atoms. The van der Waals surface area contributed by atoms with E-state index in [1.165, 1.54) is 0 Å². The van der Waals surface area contributed by atoms with Gasteiger partial charge in [0.05, 0.1) is 50.6 Å². The maximum absolute atomic E-state index is 14.2. The van der Waals surface area contributed by atoms with Gasteiger partial charge < -0.3 is 0 Å². The van der Waals surface area contributed by atoms with Crippen LogP contribution in [0.15, 0.2) is 140 Å². The van der Waals surface area contributed by atoms with Crippen LogP contribution in [0.4, 0.5) is 105 Å². The number of benzene rings is 6. The Morgan fingerprint density at radius 3 is 0.938 bits per heavy atom. The number of hydrogen-bond donors (Lipinski definition) is 0. The first-order valence-electron chi connectivity index (χ1n) is 22.2. The lowest BCUT2D eigenvalue weighted by Gasteiger charge is -2.46. The summed E-state index contributed by atoms with van der Waals surface area (Å²) in [5, 5.41) is 9.75. The largest absolute Gasteiger partial charge is 0.416 e. The summed E-state index contributed by atoms with van der Waals surface area (Å²) in [6.07, 6.45) is -55.0. The molecule has 0 aliphatic heterocycles. The minimum Gasteiger partial charge on any atom is -0.287 e. The molecule has 0 radical (unpaired) electrons. The lowest BCUT2D eigenvalue weighted by atomic mass is 9.12. The summed E-state index contributed by atoms with van der Waals surface area (Å²) >= 11 is 0. The Kier molecular flexibility index (Phi) is 16.7. The highest BCUT2D eigenvalue weighted by molar-refractivity contribution is 7.20. The van der Waals surface area contributed by atoms with Crippen molar-refractivity contribution in [3.8, 4) is 6.07 Å². The summed E-state index contributed by atoms with van der Waals surface area (Å²) in [4.78, 5) is 24.9. The number of alkyl halides is 24. The quantitative estimate of drug-likeness (QED) is 0.0626. The Morgan fingerprint density at radius 1 is 0.370 bits per heavy atom. The van der Waals surface area contributed by atoms with E-state index in [1.807, 2.05) is 54.6 Å². The van der Waals surface area contributed by atoms with Gasteiger partial charge in [-0.1, -0.05) is 91.0 Å². The van der Waals surface area contributed by atoms with Crippen LogP contribution < -0.4 is 26.4 Å². The predicted molar refractivity (Wildman–Crippen MR) is 240 cm³/mol. The molecule has 0 atom stereocenters. The molecule has 0 saturated carbocycles. The molecule has 0 fully saturated rings. The van der Waals surface area contributed by atoms with Gasteiger partial charge in [0.1, 0.15) is 12.6 Å². The monoisotopic (exact) mass is 1180 g/mol. The Morgan fingerprint density at radius 2 is 0.654 bits per heavy atom. The average Bonchev–Trinajstić information content (AvgIpc) is 3.49. The second-order valence-electron chi connectivity index (χ2n) is 17.6. The van der Waals surface area contributed by atoms with Crippen molar-refractivity contribution in [2.75, 3.05) is 0 Å². The molecule has 0 N–H and O–H groups in total. The number of Topliss-reactive ketones (excluding diaryl/α,β-unsaturated/α-hetero) is 2. The van der Waals surface area contributed by atoms with Gasteiger partial charge in [0, 0.05) is 23.1 Å². The van der Waals surface area contributed by atoms with Crippen molar-refractivity contribution >= 4 is 50.5 Å². The number of carbonyl (C=O) groups is 2. The van der Waals surface area contributed by atoms with Crippen LogP contribution in [0.1, 0.15) is 71.8 Å². The summed E-state index contributed by atoms with van der Waals surface area (Å²) in [6.45, 7) is 0.0534. The van der Waals surface area contributed by atoms with Gasteiger partial charge >= 0.3 is 49.4 Å². The third kappa shape index (κ3) is 13.9. The van der Waals surface area contributed by atoms with Gasteiger partial charge in [0.15, 0.2) is 0 Å². The number of rotatable bonds is 9. The van der Waals surface area contributed by atoms with E-state index in [9.17, 15) is 115 Å². The molecule has 0 amide bonds. The number of pyridine rings is 1. The van der Waals surface area contributed by atoms with Gasteiger partial charge in [-0.3, -0.25) is 9.59 Å². The first-order valence-corrected chi connectivity index (χ1v) is 22.2. The zero-order valence-corrected chi connectivity index (χ0v) is 39.6. The fraction of sp³-hybridized carbons (Fsp3) is 0.192. The van der Waals surface area contributed by atoms with Crippen molar-refractivity contribution in [1.82, 2.24) is 0 Å². The molecule has 7 aromatic rings. The molecule has 29 heteroatoms. The van der Waals surface area contributed by atoms with E-state index in [-0.39, 0.29) is 24.5 Å². The molecule has 4 nitrogen and oxygen atoms in total. The Labute approximate surface area is 438 Å². The number of aromatic nitrogens is 1. The molecule has 0 spiro atoms. The molecule has 0 aliphatic rings. The van der Waals surface area contributed by atoms with Gasteiger partial charge in [0.2, 0.25) is 23.6 Å². The second-order valence-corrected chi connectivity index (χ2v) is 17.6. The van der Waals surface area contributed by atoms with Gasteiger partial charge in [-0.15, -0.1) is 0 Å². The van der Waals surface area contributed by atoms with E-state index in [0.29, 0.717) is 11.3 Å². The highest BCUT2D eigenvalue weighted by Crippen LogP contribution is 2.41. The van der Waals surface area contributed by atoms with Crippen LogP contribution in [0.25, 0.3) is 10.9 Å². The Hall–Kier alpha value is -8.06. The Bertz CT molecular complexity index is 3110. The predicted octanol–water partition coefficient (Wildman–Crippen LogP) is 14.3. The molecule has 81 heavy (non-hydrogen) atoms. The van der Waals surface area contributed by atoms with E-state index in [4.69, 9.17) is 5.26 Å². The lowest BCUT2D eigenvalue weighted by molar-refractivity contribution is -0.659. The van der Waals surface area contributed by atoms with Crippen molar-refractivity contribution in [3.63, 3.8) is 0 Å². The maximum Gasteiger partial charge on any atom is 0.416 e. The van der Waals surface area contributed by atoms with Crippen LogP contribution in [0, 0.1) is 11.3 Å². The minimum absolute atomic E-state index is 0.0534. The average molecular weight is 1180 g/mol. The van der Waals surface area contributed by atoms with Gasteiger partial charge in [-0.25, -0.2) is 0 Å². The molecule has 0 saturated heterocycles. The number of ketones is 2. The van der Waals surface area contributed by atoms with Crippen LogP contribution in [-0.2, 0) is 56.0 Å². The van der Waals surface area contributed by atoms with E-state index in [0.717, 1.165) is 10.9 Å². The highest BCUT2D eigenvalue weighted by Gasteiger charge is 2.47. The van der Waals surface area contributed by atoms with Crippen molar-refractivity contribution in [2.24, 2.45) is 0 Å². The summed E-state index contributed by atoms with van der Waals surface area (Å²) < 4.78 is 343. The molecule has 428 valence electrons. The van der Waals surface area contributed by atoms with Crippen molar-refractivity contribution in [1.29, 1.82) is 5.26 Å². The fourth-order valence-electron chi connectivity index (χ4n) is 8.77. The molecule has 6 aromatic carbocycles. The first kappa shape index (κ1) is 62.1. The number of carbonyl (C=O) groups excluding carboxylic acids is 2.